The Hall–Kier alpha value is -1.57. The summed E-state index contributed by atoms with van der Waals surface area (Å²) in [6.45, 7) is 6.10. The average Bonchev–Trinajstić information content (AvgIpc) is 2.84. The molecule has 1 aliphatic rings. The molecule has 0 bridgehead atoms. The molecule has 0 fully saturated rings. The first-order chi connectivity index (χ1) is 8.88. The van der Waals surface area contributed by atoms with E-state index in [1.54, 1.807) is 4.57 Å². The van der Waals surface area contributed by atoms with E-state index in [0.29, 0.717) is 30.6 Å². The molecule has 104 valence electrons. The molecular formula is C11H14F3N5. The number of nitrogens with one attached hydrogen (secondary N) is 1. The molecule has 3 heterocycles. The van der Waals surface area contributed by atoms with E-state index in [0.717, 1.165) is 6.54 Å². The van der Waals surface area contributed by atoms with Crippen molar-refractivity contribution in [1.82, 2.24) is 24.6 Å². The predicted molar refractivity (Wildman–Crippen MR) is 62.4 cm³/mol. The van der Waals surface area contributed by atoms with Gasteiger partial charge in [0.15, 0.2) is 11.3 Å². The molecule has 2 aromatic rings. The van der Waals surface area contributed by atoms with Crippen LogP contribution in [-0.4, -0.2) is 37.2 Å². The van der Waals surface area contributed by atoms with Crippen LogP contribution in [0.25, 0.3) is 11.2 Å². The zero-order valence-electron chi connectivity index (χ0n) is 10.6. The third kappa shape index (κ3) is 1.90. The van der Waals surface area contributed by atoms with Crippen molar-refractivity contribution in [2.75, 3.05) is 6.54 Å². The Morgan fingerprint density at radius 2 is 2.00 bits per heavy atom. The standard InChI is InChI=1S/C11H14F3N5/c1-6(2)18-3-4-19-7(5-18)15-8-9(11(12,13)14)16-17-10(8)19/h6H,3-5H2,1-2H3,(H,16,17). The van der Waals surface area contributed by atoms with Gasteiger partial charge in [0.05, 0.1) is 6.54 Å². The summed E-state index contributed by atoms with van der Waals surface area (Å²) in [7, 11) is 0. The van der Waals surface area contributed by atoms with Gasteiger partial charge in [-0.2, -0.15) is 18.3 Å². The van der Waals surface area contributed by atoms with Crippen molar-refractivity contribution in [1.29, 1.82) is 0 Å². The van der Waals surface area contributed by atoms with Gasteiger partial charge in [-0.05, 0) is 13.8 Å². The van der Waals surface area contributed by atoms with Crippen molar-refractivity contribution in [2.24, 2.45) is 0 Å². The zero-order valence-corrected chi connectivity index (χ0v) is 10.6. The molecule has 1 N–H and O–H groups in total. The fraction of sp³-hybridized carbons (Fsp3) is 0.636. The molecule has 0 saturated heterocycles. The van der Waals surface area contributed by atoms with E-state index in [2.05, 4.69) is 28.8 Å². The van der Waals surface area contributed by atoms with E-state index in [4.69, 9.17) is 0 Å². The van der Waals surface area contributed by atoms with Crippen LogP contribution in [0.4, 0.5) is 13.2 Å². The number of aromatic nitrogens is 4. The highest BCUT2D eigenvalue weighted by molar-refractivity contribution is 5.75. The highest BCUT2D eigenvalue weighted by atomic mass is 19.4. The van der Waals surface area contributed by atoms with Crippen LogP contribution in [0.1, 0.15) is 25.4 Å². The maximum Gasteiger partial charge on any atom is 0.435 e. The highest BCUT2D eigenvalue weighted by Gasteiger charge is 2.38. The van der Waals surface area contributed by atoms with E-state index in [9.17, 15) is 13.2 Å². The van der Waals surface area contributed by atoms with Gasteiger partial charge in [-0.3, -0.25) is 10.00 Å². The van der Waals surface area contributed by atoms with Gasteiger partial charge < -0.3 is 4.57 Å². The summed E-state index contributed by atoms with van der Waals surface area (Å²) in [6, 6.07) is 0.349. The van der Waals surface area contributed by atoms with Gasteiger partial charge in [0.25, 0.3) is 0 Å². The third-order valence-electron chi connectivity index (χ3n) is 3.50. The first-order valence-corrected chi connectivity index (χ1v) is 6.12. The normalized spacial score (nSPS) is 17.4. The average molecular weight is 273 g/mol. The number of rotatable bonds is 1. The Kier molecular flexibility index (Phi) is 2.60. The van der Waals surface area contributed by atoms with Crippen molar-refractivity contribution >= 4 is 11.2 Å². The molecule has 0 spiro atoms. The molecule has 5 nitrogen and oxygen atoms in total. The Morgan fingerprint density at radius 1 is 1.26 bits per heavy atom. The van der Waals surface area contributed by atoms with Crippen LogP contribution in [0, 0.1) is 0 Å². The smallest absolute Gasteiger partial charge is 0.309 e. The quantitative estimate of drug-likeness (QED) is 0.864. The van der Waals surface area contributed by atoms with Crippen LogP contribution in [0.15, 0.2) is 0 Å². The van der Waals surface area contributed by atoms with Gasteiger partial charge in [-0.25, -0.2) is 4.98 Å². The van der Waals surface area contributed by atoms with E-state index in [1.165, 1.54) is 0 Å². The van der Waals surface area contributed by atoms with Crippen LogP contribution in [0.2, 0.25) is 0 Å². The number of hydrogen-bond donors (Lipinski definition) is 1. The SMILES string of the molecule is CC(C)N1CCn2c(nc3c(C(F)(F)F)[nH]nc32)C1. The number of imidazole rings is 1. The van der Waals surface area contributed by atoms with Gasteiger partial charge in [-0.15, -0.1) is 0 Å². The van der Waals surface area contributed by atoms with Crippen LogP contribution in [0.3, 0.4) is 0 Å². The number of nitrogens with zero attached hydrogens (tertiary/aromatic N) is 4. The zero-order chi connectivity index (χ0) is 13.8. The topological polar surface area (TPSA) is 49.7 Å². The van der Waals surface area contributed by atoms with Crippen molar-refractivity contribution in [3.8, 4) is 0 Å². The minimum atomic E-state index is -4.45. The predicted octanol–water partition coefficient (Wildman–Crippen LogP) is 2.00. The minimum absolute atomic E-state index is 0.0758. The lowest BCUT2D eigenvalue weighted by Crippen LogP contribution is -2.38. The molecule has 0 aliphatic carbocycles. The molecule has 19 heavy (non-hydrogen) atoms. The van der Waals surface area contributed by atoms with Crippen LogP contribution >= 0.6 is 0 Å². The first kappa shape index (κ1) is 12.5. The lowest BCUT2D eigenvalue weighted by atomic mass is 10.2. The van der Waals surface area contributed by atoms with Crippen molar-refractivity contribution in [2.45, 2.75) is 39.2 Å². The third-order valence-corrected chi connectivity index (χ3v) is 3.50. The maximum absolute atomic E-state index is 12.8. The molecule has 8 heteroatoms. The van der Waals surface area contributed by atoms with Crippen LogP contribution < -0.4 is 0 Å². The molecule has 0 atom stereocenters. The van der Waals surface area contributed by atoms with Gasteiger partial charge >= 0.3 is 6.18 Å². The lowest BCUT2D eigenvalue weighted by Gasteiger charge is -2.30. The molecule has 0 radical (unpaired) electrons. The Bertz CT molecular complexity index is 610. The molecule has 0 saturated carbocycles. The fourth-order valence-electron chi connectivity index (χ4n) is 2.42. The molecule has 3 rings (SSSR count). The van der Waals surface area contributed by atoms with E-state index >= 15 is 0 Å². The summed E-state index contributed by atoms with van der Waals surface area (Å²) in [6.07, 6.45) is -4.45. The number of fused-ring (bicyclic) bond motifs is 3. The Labute approximate surface area is 107 Å². The Balaban J connectivity index is 2.07. The number of H-pyrrole nitrogens is 1. The molecule has 1 aliphatic heterocycles. The largest absolute Gasteiger partial charge is 0.435 e. The van der Waals surface area contributed by atoms with Crippen molar-refractivity contribution in [3.63, 3.8) is 0 Å². The second-order valence-electron chi connectivity index (χ2n) is 5.01. The number of hydrogen-bond acceptors (Lipinski definition) is 3. The monoisotopic (exact) mass is 273 g/mol. The van der Waals surface area contributed by atoms with E-state index in [1.807, 2.05) is 5.10 Å². The van der Waals surface area contributed by atoms with Gasteiger partial charge in [0.2, 0.25) is 0 Å². The summed E-state index contributed by atoms with van der Waals surface area (Å²) in [5.41, 5.74) is -0.640. The Morgan fingerprint density at radius 3 is 2.63 bits per heavy atom. The van der Waals surface area contributed by atoms with Gasteiger partial charge in [-0.1, -0.05) is 0 Å². The van der Waals surface area contributed by atoms with E-state index in [-0.39, 0.29) is 5.52 Å². The summed E-state index contributed by atoms with van der Waals surface area (Å²) < 4.78 is 40.1. The number of aromatic amines is 1. The lowest BCUT2D eigenvalue weighted by molar-refractivity contribution is -0.140. The highest BCUT2D eigenvalue weighted by Crippen LogP contribution is 2.33. The summed E-state index contributed by atoms with van der Waals surface area (Å²) in [5.74, 6) is 0.650. The molecule has 0 aromatic carbocycles. The van der Waals surface area contributed by atoms with Crippen molar-refractivity contribution in [3.05, 3.63) is 11.5 Å². The van der Waals surface area contributed by atoms with E-state index < -0.39 is 11.9 Å². The number of halogens is 3. The molecule has 2 aromatic heterocycles. The van der Waals surface area contributed by atoms with Crippen LogP contribution in [0.5, 0.6) is 0 Å². The summed E-state index contributed by atoms with van der Waals surface area (Å²) >= 11 is 0. The van der Waals surface area contributed by atoms with Crippen molar-refractivity contribution < 1.29 is 13.2 Å². The van der Waals surface area contributed by atoms with Crippen LogP contribution in [-0.2, 0) is 19.3 Å². The summed E-state index contributed by atoms with van der Waals surface area (Å²) in [5, 5.41) is 5.81. The molecule has 0 amide bonds. The second kappa shape index (κ2) is 3.96. The first-order valence-electron chi connectivity index (χ1n) is 6.12. The second-order valence-corrected chi connectivity index (χ2v) is 5.01. The maximum atomic E-state index is 12.8. The molecule has 0 unspecified atom stereocenters. The molecular weight excluding hydrogens is 259 g/mol. The minimum Gasteiger partial charge on any atom is -0.309 e. The fourth-order valence-corrected chi connectivity index (χ4v) is 2.42. The van der Waals surface area contributed by atoms with Gasteiger partial charge in [0.1, 0.15) is 11.3 Å². The number of alkyl halides is 3. The van der Waals surface area contributed by atoms with Gasteiger partial charge in [0, 0.05) is 19.1 Å². The summed E-state index contributed by atoms with van der Waals surface area (Å²) in [4.78, 5) is 6.30.